The fourth-order valence-electron chi connectivity index (χ4n) is 8.48. The maximum absolute atomic E-state index is 3.06. The van der Waals surface area contributed by atoms with Gasteiger partial charge < -0.3 is 14.9 Å². The molecule has 0 aliphatic rings. The van der Waals surface area contributed by atoms with Crippen LogP contribution >= 0.6 is 24.8 Å². The van der Waals surface area contributed by atoms with E-state index in [9.17, 15) is 0 Å². The second kappa shape index (κ2) is 26.7. The van der Waals surface area contributed by atoms with E-state index in [0.717, 1.165) is 12.8 Å². The van der Waals surface area contributed by atoms with Gasteiger partial charge in [-0.25, -0.2) is 0 Å². The molecule has 0 saturated heterocycles. The van der Waals surface area contributed by atoms with E-state index in [4.69, 9.17) is 0 Å². The molecule has 0 aromatic heterocycles. The van der Waals surface area contributed by atoms with Crippen LogP contribution in [0, 0.1) is 26.7 Å². The molecule has 4 heteroatoms. The quantitative estimate of drug-likeness (QED) is 0.0847. The molecule has 6 rings (SSSR count). The molecule has 0 amide bonds. The van der Waals surface area contributed by atoms with Crippen molar-refractivity contribution in [2.45, 2.75) is 159 Å². The Morgan fingerprint density at radius 3 is 0.903 bits per heavy atom. The third-order valence-corrected chi connectivity index (χ3v) is 11.7. The van der Waals surface area contributed by atoms with E-state index in [1.807, 2.05) is 0 Å². The Morgan fingerprint density at radius 2 is 0.677 bits per heavy atom. The molecule has 0 fully saturated rings. The summed E-state index contributed by atoms with van der Waals surface area (Å²) < 4.78 is 0. The van der Waals surface area contributed by atoms with E-state index in [1.54, 1.807) is 0 Å². The molecule has 0 aliphatic heterocycles. The molecule has 0 atom stereocenters. The van der Waals surface area contributed by atoms with Crippen LogP contribution in [0.3, 0.4) is 0 Å². The predicted molar refractivity (Wildman–Crippen MR) is 285 cm³/mol. The first-order valence-corrected chi connectivity index (χ1v) is 26.5. The van der Waals surface area contributed by atoms with Gasteiger partial charge in [0.15, 0.2) is 0 Å². The standard InChI is InChI=1S/2C28H37.2CH3.2ClH.Si.Zr/c2*1-17(2)11-21-12-22-9-10-26(20(7)8)28(27(22)13-21)25-15-23(18(3)4)14-24(16-25)19(5)6;;;;;;/h2*9-10,12-20H,11H2,1-8H3;2*1H3;2*1H;;/q4*-1;;;;. The third-order valence-electron chi connectivity index (χ3n) is 11.7. The number of fused-ring (bicyclic) bond motifs is 2. The van der Waals surface area contributed by atoms with Crippen LogP contribution in [-0.4, -0.2) is 6.88 Å². The van der Waals surface area contributed by atoms with Crippen molar-refractivity contribution in [2.24, 2.45) is 11.8 Å². The van der Waals surface area contributed by atoms with Crippen molar-refractivity contribution in [2.75, 3.05) is 0 Å². The Morgan fingerprint density at radius 1 is 0.403 bits per heavy atom. The van der Waals surface area contributed by atoms with Crippen LogP contribution in [0.1, 0.15) is 191 Å². The molecule has 0 bridgehead atoms. The van der Waals surface area contributed by atoms with Crippen molar-refractivity contribution >= 4 is 53.2 Å². The number of rotatable bonds is 12. The summed E-state index contributed by atoms with van der Waals surface area (Å²) in [5, 5.41) is 5.63. The van der Waals surface area contributed by atoms with Gasteiger partial charge in [-0.1, -0.05) is 169 Å². The van der Waals surface area contributed by atoms with Gasteiger partial charge in [-0.3, -0.25) is 0 Å². The van der Waals surface area contributed by atoms with Crippen molar-refractivity contribution in [3.8, 4) is 22.3 Å². The molecule has 0 nitrogen and oxygen atoms in total. The average Bonchev–Trinajstić information content (AvgIpc) is 3.76. The molecule has 0 saturated carbocycles. The van der Waals surface area contributed by atoms with Crippen LogP contribution in [0.5, 0.6) is 0 Å². The zero-order valence-electron chi connectivity index (χ0n) is 41.9. The Hall–Kier alpha value is -2.22. The van der Waals surface area contributed by atoms with Gasteiger partial charge in [0.1, 0.15) is 0 Å². The normalized spacial score (nSPS) is 11.1. The van der Waals surface area contributed by atoms with Crippen LogP contribution in [0.2, 0.25) is 0 Å². The topological polar surface area (TPSA) is 0 Å². The van der Waals surface area contributed by atoms with E-state index in [2.05, 4.69) is 203 Å². The number of hydrogen-bond acceptors (Lipinski definition) is 0. The van der Waals surface area contributed by atoms with Gasteiger partial charge >= 0.3 is 30.2 Å². The molecule has 0 spiro atoms. The first-order valence-electron chi connectivity index (χ1n) is 22.3. The zero-order valence-corrected chi connectivity index (χ0v) is 47.0. The third kappa shape index (κ3) is 14.9. The van der Waals surface area contributed by atoms with E-state index in [-0.39, 0.29) is 39.7 Å². The molecule has 0 unspecified atom stereocenters. The fourth-order valence-corrected chi connectivity index (χ4v) is 8.48. The van der Waals surface area contributed by atoms with Gasteiger partial charge in [0.25, 0.3) is 0 Å². The van der Waals surface area contributed by atoms with E-state index in [1.165, 1.54) is 112 Å². The van der Waals surface area contributed by atoms with Gasteiger partial charge in [-0.2, -0.15) is 12.1 Å². The molecule has 6 aromatic rings. The van der Waals surface area contributed by atoms with Crippen LogP contribution in [-0.2, 0) is 36.2 Å². The second-order valence-electron chi connectivity index (χ2n) is 19.7. The summed E-state index contributed by atoms with van der Waals surface area (Å²) in [6.45, 7) is 40.0. The van der Waals surface area contributed by atoms with Gasteiger partial charge in [-0.15, -0.1) is 93.9 Å². The number of benzene rings is 4. The summed E-state index contributed by atoms with van der Waals surface area (Å²) in [5.41, 5.74) is 17.3. The van der Waals surface area contributed by atoms with Crippen LogP contribution in [0.4, 0.5) is 0 Å². The van der Waals surface area contributed by atoms with Crippen molar-refractivity contribution in [3.05, 3.63) is 144 Å². The van der Waals surface area contributed by atoms with Gasteiger partial charge in [0, 0.05) is 0 Å². The monoisotopic (exact) mass is 966 g/mol. The summed E-state index contributed by atoms with van der Waals surface area (Å²) in [7, 11) is 0. The van der Waals surface area contributed by atoms with Crippen LogP contribution < -0.4 is 0 Å². The first-order chi connectivity index (χ1) is 27.3. The Labute approximate surface area is 411 Å². The predicted octanol–water partition coefficient (Wildman–Crippen LogP) is 18.9. The van der Waals surface area contributed by atoms with Gasteiger partial charge in [0.2, 0.25) is 0 Å². The van der Waals surface area contributed by atoms with Crippen molar-refractivity contribution in [3.63, 3.8) is 0 Å². The summed E-state index contributed by atoms with van der Waals surface area (Å²) in [6, 6.07) is 33.6. The van der Waals surface area contributed by atoms with Crippen LogP contribution in [0.15, 0.2) is 84.9 Å². The van der Waals surface area contributed by atoms with Crippen molar-refractivity contribution in [1.82, 2.24) is 0 Å². The number of halogens is 2. The van der Waals surface area contributed by atoms with Gasteiger partial charge in [0.05, 0.1) is 0 Å². The summed E-state index contributed by atoms with van der Waals surface area (Å²) >= 11 is 1.36. The van der Waals surface area contributed by atoms with E-state index < -0.39 is 0 Å². The maximum atomic E-state index is 3.06. The summed E-state index contributed by atoms with van der Waals surface area (Å²) in [4.78, 5) is 0. The second-order valence-corrected chi connectivity index (χ2v) is 19.7. The molecule has 340 valence electrons. The number of hydrogen-bond donors (Lipinski definition) is 0. The SMILES string of the molecule is CC(C)Cc1cc2c(-c3cc(C(C)C)cc(C(C)C)c3)c(C(C)C)ccc2[cH-]1.CC(C)Cc1cc2c(-c3cc(C(C)C)cc(C(C)C)c3)c(C(C)C)ccc2[cH-]1.Cl.Cl.[CH3-].[CH3-].[Si]=[Zr]. The molecule has 0 heterocycles. The minimum atomic E-state index is 0. The molecular formula is C58H82Cl2SiZr-4. The molecule has 0 aliphatic carbocycles. The first kappa shape index (κ1) is 59.8. The Bertz CT molecular complexity index is 2050. The average molecular weight is 970 g/mol. The molecule has 6 aromatic carbocycles. The zero-order chi connectivity index (χ0) is 43.2. The molecule has 0 N–H and O–H groups in total. The van der Waals surface area contributed by atoms with Crippen LogP contribution in [0.25, 0.3) is 43.8 Å². The Balaban J connectivity index is 0.00000109. The van der Waals surface area contributed by atoms with E-state index >= 15 is 0 Å². The van der Waals surface area contributed by atoms with Crippen molar-refractivity contribution < 1.29 is 23.3 Å². The molecular weight excluding hydrogens is 887 g/mol. The molecule has 62 heavy (non-hydrogen) atoms. The molecule has 2 radical (unpaired) electrons. The van der Waals surface area contributed by atoms with Gasteiger partial charge in [-0.05, 0) is 93.6 Å². The summed E-state index contributed by atoms with van der Waals surface area (Å²) in [6.07, 6.45) is 2.29. The summed E-state index contributed by atoms with van der Waals surface area (Å²) in [5.74, 6) is 4.53. The van der Waals surface area contributed by atoms with E-state index in [0.29, 0.717) is 47.3 Å². The minimum absolute atomic E-state index is 0. The fraction of sp³-hybridized carbons (Fsp3) is 0.448. The van der Waals surface area contributed by atoms with Crippen molar-refractivity contribution in [1.29, 1.82) is 0 Å². The Kier molecular flexibility index (Phi) is 25.7.